The minimum Gasteiger partial charge on any atom is -0.466 e. The zero-order valence-corrected chi connectivity index (χ0v) is 16.7. The maximum absolute atomic E-state index is 11.6. The van der Waals surface area contributed by atoms with E-state index in [2.05, 4.69) is 25.0 Å². The van der Waals surface area contributed by atoms with Crippen molar-refractivity contribution in [1.29, 1.82) is 0 Å². The Hall–Kier alpha value is -1.82. The summed E-state index contributed by atoms with van der Waals surface area (Å²) in [4.78, 5) is 23.1. The maximum Gasteiger partial charge on any atom is 0.407 e. The Morgan fingerprint density at radius 3 is 2.40 bits per heavy atom. The average Bonchev–Trinajstić information content (AvgIpc) is 2.56. The lowest BCUT2D eigenvalue weighted by molar-refractivity contribution is -0.143. The van der Waals surface area contributed by atoms with E-state index < -0.39 is 14.2 Å². The number of carbonyl (C=O) groups excluding carboxylic acids is 2. The van der Waals surface area contributed by atoms with Crippen LogP contribution in [0.25, 0.3) is 0 Å². The van der Waals surface area contributed by atoms with Crippen LogP contribution in [0.2, 0.25) is 25.7 Å². The predicted molar refractivity (Wildman–Crippen MR) is 102 cm³/mol. The molecule has 0 aliphatic heterocycles. The number of ether oxygens (including phenoxy) is 2. The molecular weight excluding hydrogens is 334 g/mol. The monoisotopic (exact) mass is 365 g/mol. The highest BCUT2D eigenvalue weighted by molar-refractivity contribution is 6.76. The molecule has 1 amide bonds. The Labute approximate surface area is 152 Å². The van der Waals surface area contributed by atoms with E-state index in [1.54, 1.807) is 0 Å². The van der Waals surface area contributed by atoms with Crippen LogP contribution in [0.3, 0.4) is 0 Å². The molecule has 6 heteroatoms. The number of carbonyl (C=O) groups is 2. The van der Waals surface area contributed by atoms with Crippen molar-refractivity contribution in [2.45, 2.75) is 58.0 Å². The first-order valence-corrected chi connectivity index (χ1v) is 12.7. The fourth-order valence-corrected chi connectivity index (χ4v) is 2.79. The smallest absolute Gasteiger partial charge is 0.407 e. The summed E-state index contributed by atoms with van der Waals surface area (Å²) in [6.45, 7) is 8.16. The molecule has 0 fully saturated rings. The predicted octanol–water partition coefficient (Wildman–Crippen LogP) is 4.35. The Morgan fingerprint density at radius 1 is 1.00 bits per heavy atom. The molecule has 0 heterocycles. The van der Waals surface area contributed by atoms with Crippen molar-refractivity contribution in [1.82, 2.24) is 5.32 Å². The molecule has 0 saturated carbocycles. The van der Waals surface area contributed by atoms with Crippen molar-refractivity contribution >= 4 is 20.1 Å². The Balaban J connectivity index is 1.95. The van der Waals surface area contributed by atoms with E-state index in [4.69, 9.17) is 9.47 Å². The molecule has 1 N–H and O–H groups in total. The highest BCUT2D eigenvalue weighted by Crippen LogP contribution is 2.08. The lowest BCUT2D eigenvalue weighted by atomic mass is 10.2. The van der Waals surface area contributed by atoms with Crippen molar-refractivity contribution in [2.75, 3.05) is 13.2 Å². The van der Waals surface area contributed by atoms with Gasteiger partial charge < -0.3 is 14.8 Å². The van der Waals surface area contributed by atoms with Crippen LogP contribution in [0.4, 0.5) is 4.79 Å². The molecule has 1 aromatic rings. The molecule has 0 aliphatic carbocycles. The number of rotatable bonds is 11. The molecule has 0 atom stereocenters. The summed E-state index contributed by atoms with van der Waals surface area (Å²) in [7, 11) is -1.14. The van der Waals surface area contributed by atoms with Gasteiger partial charge in [0.1, 0.15) is 6.61 Å². The van der Waals surface area contributed by atoms with Crippen LogP contribution in [0, 0.1) is 0 Å². The zero-order valence-electron chi connectivity index (χ0n) is 15.7. The third-order valence-electron chi connectivity index (χ3n) is 3.65. The topological polar surface area (TPSA) is 64.6 Å². The van der Waals surface area contributed by atoms with Crippen molar-refractivity contribution in [3.63, 3.8) is 0 Å². The van der Waals surface area contributed by atoms with Crippen molar-refractivity contribution in [2.24, 2.45) is 0 Å². The van der Waals surface area contributed by atoms with E-state index in [9.17, 15) is 9.59 Å². The second-order valence-corrected chi connectivity index (χ2v) is 13.0. The molecule has 140 valence electrons. The van der Waals surface area contributed by atoms with Crippen LogP contribution in [-0.2, 0) is 20.9 Å². The average molecular weight is 366 g/mol. The fraction of sp³-hybridized carbons (Fsp3) is 0.579. The van der Waals surface area contributed by atoms with Crippen LogP contribution in [0.15, 0.2) is 30.3 Å². The second-order valence-electron chi connectivity index (χ2n) is 7.33. The number of esters is 1. The van der Waals surface area contributed by atoms with Gasteiger partial charge in [0.15, 0.2) is 0 Å². The summed E-state index contributed by atoms with van der Waals surface area (Å²) in [6.07, 6.45) is 2.52. The summed E-state index contributed by atoms with van der Waals surface area (Å²) in [5.74, 6) is -0.117. The molecule has 0 saturated heterocycles. The highest BCUT2D eigenvalue weighted by Gasteiger charge is 2.13. The Bertz CT molecular complexity index is 514. The molecule has 0 aromatic heterocycles. The fourth-order valence-electron chi connectivity index (χ4n) is 2.08. The van der Waals surface area contributed by atoms with Gasteiger partial charge in [0.05, 0.1) is 6.61 Å². The normalized spacial score (nSPS) is 11.0. The van der Waals surface area contributed by atoms with E-state index in [0.717, 1.165) is 30.9 Å². The number of alkyl carbamates (subject to hydrolysis) is 1. The van der Waals surface area contributed by atoms with Gasteiger partial charge in [-0.1, -0.05) is 56.4 Å². The molecule has 1 rings (SSSR count). The summed E-state index contributed by atoms with van der Waals surface area (Å²) in [5.41, 5.74) is 0.963. The number of unbranched alkanes of at least 4 members (excludes halogenated alkanes) is 2. The van der Waals surface area contributed by atoms with Gasteiger partial charge in [0.2, 0.25) is 0 Å². The van der Waals surface area contributed by atoms with E-state index >= 15 is 0 Å². The van der Waals surface area contributed by atoms with Crippen LogP contribution in [0.1, 0.15) is 31.2 Å². The molecular formula is C19H31NO4Si. The van der Waals surface area contributed by atoms with Crippen LogP contribution in [0.5, 0.6) is 0 Å². The van der Waals surface area contributed by atoms with Crippen LogP contribution >= 0.6 is 0 Å². The van der Waals surface area contributed by atoms with E-state index in [1.807, 2.05) is 30.3 Å². The molecule has 0 bridgehead atoms. The third-order valence-corrected chi connectivity index (χ3v) is 5.36. The Kier molecular flexibility index (Phi) is 9.92. The van der Waals surface area contributed by atoms with Gasteiger partial charge in [-0.15, -0.1) is 0 Å². The number of nitrogens with one attached hydrogen (secondary N) is 1. The van der Waals surface area contributed by atoms with Gasteiger partial charge in [0, 0.05) is 21.0 Å². The van der Waals surface area contributed by atoms with E-state index in [0.29, 0.717) is 19.6 Å². The highest BCUT2D eigenvalue weighted by atomic mass is 28.3. The molecule has 0 unspecified atom stereocenters. The minimum atomic E-state index is -1.14. The molecule has 0 radical (unpaired) electrons. The summed E-state index contributed by atoms with van der Waals surface area (Å²) in [6, 6.07) is 10.6. The SMILES string of the molecule is C[Si](C)(C)CCOC(=O)CCCCCNC(=O)OCc1ccccc1. The van der Waals surface area contributed by atoms with Crippen molar-refractivity contribution in [3.05, 3.63) is 35.9 Å². The first-order valence-electron chi connectivity index (χ1n) is 8.97. The van der Waals surface area contributed by atoms with Crippen molar-refractivity contribution < 1.29 is 19.1 Å². The first-order chi connectivity index (χ1) is 11.9. The zero-order chi connectivity index (χ0) is 18.5. The lowest BCUT2D eigenvalue weighted by Crippen LogP contribution is -2.25. The van der Waals surface area contributed by atoms with Crippen LogP contribution < -0.4 is 5.32 Å². The van der Waals surface area contributed by atoms with Gasteiger partial charge in [0.25, 0.3) is 0 Å². The summed E-state index contributed by atoms with van der Waals surface area (Å²) in [5, 5.41) is 2.72. The van der Waals surface area contributed by atoms with Crippen molar-refractivity contribution in [3.8, 4) is 0 Å². The number of hydrogen-bond donors (Lipinski definition) is 1. The quantitative estimate of drug-likeness (QED) is 0.360. The molecule has 25 heavy (non-hydrogen) atoms. The summed E-state index contributed by atoms with van der Waals surface area (Å²) >= 11 is 0. The largest absolute Gasteiger partial charge is 0.466 e. The van der Waals surface area contributed by atoms with Gasteiger partial charge >= 0.3 is 12.1 Å². The molecule has 5 nitrogen and oxygen atoms in total. The third kappa shape index (κ3) is 12.2. The number of benzene rings is 1. The second kappa shape index (κ2) is 11.7. The molecule has 0 aliphatic rings. The Morgan fingerprint density at radius 2 is 1.72 bits per heavy atom. The van der Waals surface area contributed by atoms with Gasteiger partial charge in [-0.2, -0.15) is 0 Å². The van der Waals surface area contributed by atoms with Gasteiger partial charge in [-0.05, 0) is 24.4 Å². The number of hydrogen-bond acceptors (Lipinski definition) is 4. The summed E-state index contributed by atoms with van der Waals surface area (Å²) < 4.78 is 10.4. The molecule has 0 spiro atoms. The number of amides is 1. The lowest BCUT2D eigenvalue weighted by Gasteiger charge is -2.15. The first kappa shape index (κ1) is 21.2. The van der Waals surface area contributed by atoms with Gasteiger partial charge in [-0.25, -0.2) is 4.79 Å². The minimum absolute atomic E-state index is 0.117. The van der Waals surface area contributed by atoms with E-state index in [1.165, 1.54) is 0 Å². The molecule has 1 aromatic carbocycles. The van der Waals surface area contributed by atoms with Crippen LogP contribution in [-0.4, -0.2) is 33.3 Å². The standard InChI is InChI=1S/C19H31NO4Si/c1-25(2,3)15-14-23-18(21)12-8-5-9-13-20-19(22)24-16-17-10-6-4-7-11-17/h4,6-7,10-11H,5,8-9,12-16H2,1-3H3,(H,20,22). The van der Waals surface area contributed by atoms with Gasteiger partial charge in [-0.3, -0.25) is 4.79 Å². The maximum atomic E-state index is 11.6. The van der Waals surface area contributed by atoms with E-state index in [-0.39, 0.29) is 12.6 Å².